The van der Waals surface area contributed by atoms with Crippen LogP contribution >= 0.6 is 0 Å². The Balaban J connectivity index is 1.68. The van der Waals surface area contributed by atoms with Gasteiger partial charge in [-0.05, 0) is 40.8 Å². The summed E-state index contributed by atoms with van der Waals surface area (Å²) in [5.74, 6) is -0.421. The predicted octanol–water partition coefficient (Wildman–Crippen LogP) is 4.18. The van der Waals surface area contributed by atoms with E-state index in [0.29, 0.717) is 17.9 Å². The first-order chi connectivity index (χ1) is 18.4. The van der Waals surface area contributed by atoms with Crippen LogP contribution in [0, 0.1) is 5.82 Å². The van der Waals surface area contributed by atoms with Crippen LogP contribution in [-0.4, -0.2) is 64.9 Å². The second kappa shape index (κ2) is 13.2. The smallest absolute Gasteiger partial charge is 0.244 e. The van der Waals surface area contributed by atoms with Gasteiger partial charge < -0.3 is 14.8 Å². The van der Waals surface area contributed by atoms with Crippen molar-refractivity contribution in [2.75, 3.05) is 50.4 Å². The van der Waals surface area contributed by atoms with Crippen molar-refractivity contribution in [3.8, 4) is 5.75 Å². The number of hydrogen-bond acceptors (Lipinski definition) is 6. The largest absolute Gasteiger partial charge is 0.492 e. The SMILES string of the molecule is C=Cc1cc(CNC(=O)C=Cc2ccc(C(C)(C)C)cc2OCCN2CCOCC2)cc(F)c1NS(C)(=O)=O. The number of morpholine rings is 1. The van der Waals surface area contributed by atoms with Gasteiger partial charge in [0.15, 0.2) is 0 Å². The molecule has 2 aromatic carbocycles. The average molecular weight is 560 g/mol. The van der Waals surface area contributed by atoms with Crippen LogP contribution in [0.3, 0.4) is 0 Å². The minimum atomic E-state index is -3.67. The number of halogens is 1. The number of carbonyl (C=O) groups excluding carboxylic acids is 1. The molecule has 39 heavy (non-hydrogen) atoms. The highest BCUT2D eigenvalue weighted by atomic mass is 32.2. The zero-order chi connectivity index (χ0) is 28.6. The zero-order valence-electron chi connectivity index (χ0n) is 23.1. The summed E-state index contributed by atoms with van der Waals surface area (Å²) in [6, 6.07) is 8.73. The van der Waals surface area contributed by atoms with Crippen LogP contribution in [0.2, 0.25) is 0 Å². The van der Waals surface area contributed by atoms with Gasteiger partial charge in [0.05, 0.1) is 25.2 Å². The van der Waals surface area contributed by atoms with Gasteiger partial charge in [0, 0.05) is 43.4 Å². The number of hydrogen-bond donors (Lipinski definition) is 2. The molecular weight excluding hydrogens is 521 g/mol. The number of anilines is 1. The number of sulfonamides is 1. The molecule has 1 fully saturated rings. The fraction of sp³-hybridized carbons (Fsp3) is 0.414. The highest BCUT2D eigenvalue weighted by Crippen LogP contribution is 2.30. The molecule has 8 nitrogen and oxygen atoms in total. The van der Waals surface area contributed by atoms with Crippen molar-refractivity contribution in [2.45, 2.75) is 32.7 Å². The average Bonchev–Trinajstić information content (AvgIpc) is 2.87. The summed E-state index contributed by atoms with van der Waals surface area (Å²) in [6.45, 7) is 14.6. The van der Waals surface area contributed by atoms with E-state index in [2.05, 4.69) is 42.3 Å². The number of benzene rings is 2. The number of nitrogens with one attached hydrogen (secondary N) is 2. The van der Waals surface area contributed by atoms with E-state index in [4.69, 9.17) is 9.47 Å². The molecule has 1 saturated heterocycles. The zero-order valence-corrected chi connectivity index (χ0v) is 23.9. The summed E-state index contributed by atoms with van der Waals surface area (Å²) in [5.41, 5.74) is 2.40. The quantitative estimate of drug-likeness (QED) is 0.401. The summed E-state index contributed by atoms with van der Waals surface area (Å²) in [6.07, 6.45) is 5.40. The number of nitrogens with zero attached hydrogens (tertiary/aromatic N) is 1. The first-order valence-electron chi connectivity index (χ1n) is 12.8. The van der Waals surface area contributed by atoms with Crippen molar-refractivity contribution in [3.63, 3.8) is 0 Å². The van der Waals surface area contributed by atoms with E-state index >= 15 is 0 Å². The van der Waals surface area contributed by atoms with E-state index in [1.807, 2.05) is 18.2 Å². The summed E-state index contributed by atoms with van der Waals surface area (Å²) < 4.78 is 51.4. The Hall–Kier alpha value is -3.21. The van der Waals surface area contributed by atoms with Crippen molar-refractivity contribution in [1.82, 2.24) is 10.2 Å². The maximum Gasteiger partial charge on any atom is 0.244 e. The van der Waals surface area contributed by atoms with E-state index in [-0.39, 0.29) is 29.1 Å². The highest BCUT2D eigenvalue weighted by Gasteiger charge is 2.17. The van der Waals surface area contributed by atoms with Crippen molar-refractivity contribution >= 4 is 33.8 Å². The molecule has 0 radical (unpaired) electrons. The third-order valence-electron chi connectivity index (χ3n) is 6.22. The first kappa shape index (κ1) is 30.3. The lowest BCUT2D eigenvalue weighted by Gasteiger charge is -2.26. The van der Waals surface area contributed by atoms with E-state index in [9.17, 15) is 17.6 Å². The van der Waals surface area contributed by atoms with E-state index in [1.165, 1.54) is 18.2 Å². The number of rotatable bonds is 11. The maximum atomic E-state index is 14.6. The van der Waals surface area contributed by atoms with Gasteiger partial charge >= 0.3 is 0 Å². The molecule has 2 aromatic rings. The highest BCUT2D eigenvalue weighted by molar-refractivity contribution is 7.92. The summed E-state index contributed by atoms with van der Waals surface area (Å²) >= 11 is 0. The molecule has 0 bridgehead atoms. The first-order valence-corrected chi connectivity index (χ1v) is 14.7. The molecule has 1 heterocycles. The fourth-order valence-electron chi connectivity index (χ4n) is 4.03. The summed E-state index contributed by atoms with van der Waals surface area (Å²) in [7, 11) is -3.67. The van der Waals surface area contributed by atoms with Gasteiger partial charge in [-0.25, -0.2) is 12.8 Å². The second-order valence-electron chi connectivity index (χ2n) is 10.5. The monoisotopic (exact) mass is 559 g/mol. The number of carbonyl (C=O) groups is 1. The van der Waals surface area contributed by atoms with Crippen LogP contribution < -0.4 is 14.8 Å². The standard InChI is InChI=1S/C29H38FN3O5S/c1-6-22-17-21(18-25(30)28(22)32-39(5,35)36)20-31-27(34)10-8-23-7-9-24(29(2,3)4)19-26(23)38-16-13-33-11-14-37-15-12-33/h6-10,17-19,32H,1,11-16,20H2,2-5H3,(H,31,34). The molecule has 0 atom stereocenters. The van der Waals surface area contributed by atoms with E-state index in [0.717, 1.165) is 50.2 Å². The molecule has 0 aliphatic carbocycles. The van der Waals surface area contributed by atoms with Crippen molar-refractivity contribution in [2.24, 2.45) is 0 Å². The van der Waals surface area contributed by atoms with Crippen LogP contribution in [0.1, 0.15) is 43.0 Å². The Labute approximate surface area is 230 Å². The Bertz CT molecular complexity index is 1310. The van der Waals surface area contributed by atoms with Crippen molar-refractivity contribution in [3.05, 3.63) is 71.1 Å². The molecule has 0 unspecified atom stereocenters. The summed E-state index contributed by atoms with van der Waals surface area (Å²) in [5, 5.41) is 2.73. The van der Waals surface area contributed by atoms with Crippen molar-refractivity contribution in [1.29, 1.82) is 0 Å². The van der Waals surface area contributed by atoms with Crippen LogP contribution in [0.25, 0.3) is 12.2 Å². The van der Waals surface area contributed by atoms with Gasteiger partial charge in [0.1, 0.15) is 18.2 Å². The lowest BCUT2D eigenvalue weighted by atomic mass is 9.86. The molecule has 10 heteroatoms. The Morgan fingerprint density at radius 1 is 1.18 bits per heavy atom. The predicted molar refractivity (Wildman–Crippen MR) is 154 cm³/mol. The Morgan fingerprint density at radius 2 is 1.90 bits per heavy atom. The third kappa shape index (κ3) is 9.49. The molecule has 1 aliphatic rings. The molecule has 1 aliphatic heterocycles. The molecule has 0 saturated carbocycles. The van der Waals surface area contributed by atoms with Crippen LogP contribution in [-0.2, 0) is 31.5 Å². The Morgan fingerprint density at radius 3 is 2.54 bits per heavy atom. The van der Waals surface area contributed by atoms with Gasteiger partial charge in [0.25, 0.3) is 0 Å². The number of ether oxygens (including phenoxy) is 2. The fourth-order valence-corrected chi connectivity index (χ4v) is 4.62. The molecule has 212 valence electrons. The van der Waals surface area contributed by atoms with Gasteiger partial charge in [-0.2, -0.15) is 0 Å². The van der Waals surface area contributed by atoms with Crippen LogP contribution in [0.15, 0.2) is 43.0 Å². The lowest BCUT2D eigenvalue weighted by molar-refractivity contribution is -0.116. The van der Waals surface area contributed by atoms with Crippen LogP contribution in [0.5, 0.6) is 5.75 Å². The molecular formula is C29H38FN3O5S. The van der Waals surface area contributed by atoms with Gasteiger partial charge in [0.2, 0.25) is 15.9 Å². The number of amides is 1. The minimum absolute atomic E-state index is 0.0476. The maximum absolute atomic E-state index is 14.6. The topological polar surface area (TPSA) is 97.0 Å². The van der Waals surface area contributed by atoms with Gasteiger partial charge in [-0.15, -0.1) is 0 Å². The van der Waals surface area contributed by atoms with Gasteiger partial charge in [-0.3, -0.25) is 14.4 Å². The molecule has 1 amide bonds. The molecule has 2 N–H and O–H groups in total. The van der Waals surface area contributed by atoms with Crippen molar-refractivity contribution < 1.29 is 27.1 Å². The molecule has 0 aromatic heterocycles. The van der Waals surface area contributed by atoms with E-state index < -0.39 is 15.8 Å². The lowest BCUT2D eigenvalue weighted by Crippen LogP contribution is -2.38. The third-order valence-corrected chi connectivity index (χ3v) is 6.79. The van der Waals surface area contributed by atoms with Crippen LogP contribution in [0.4, 0.5) is 10.1 Å². The normalized spacial score (nSPS) is 14.8. The Kier molecular flexibility index (Phi) is 10.3. The minimum Gasteiger partial charge on any atom is -0.492 e. The summed E-state index contributed by atoms with van der Waals surface area (Å²) in [4.78, 5) is 14.9. The molecule has 3 rings (SSSR count). The molecule has 0 spiro atoms. The van der Waals surface area contributed by atoms with Gasteiger partial charge in [-0.1, -0.05) is 45.6 Å². The second-order valence-corrected chi connectivity index (χ2v) is 12.2. The van der Waals surface area contributed by atoms with E-state index in [1.54, 1.807) is 12.1 Å².